The number of esters is 1. The fourth-order valence-corrected chi connectivity index (χ4v) is 3.54. The fourth-order valence-electron chi connectivity index (χ4n) is 3.54. The zero-order valence-electron chi connectivity index (χ0n) is 18.8. The van der Waals surface area contributed by atoms with Gasteiger partial charge in [-0.2, -0.15) is 0 Å². The van der Waals surface area contributed by atoms with Crippen LogP contribution in [0.1, 0.15) is 37.8 Å². The van der Waals surface area contributed by atoms with E-state index in [2.05, 4.69) is 56.8 Å². The van der Waals surface area contributed by atoms with Gasteiger partial charge in [-0.25, -0.2) is 4.79 Å². The van der Waals surface area contributed by atoms with Crippen LogP contribution in [0.25, 0.3) is 21.5 Å². The molecule has 1 atom stereocenters. The highest BCUT2D eigenvalue weighted by atomic mass is 16.6. The van der Waals surface area contributed by atoms with E-state index in [9.17, 15) is 4.79 Å². The average molecular weight is 421 g/mol. The number of unbranched alkanes of at least 4 members (excludes halogenated alkanes) is 1. The molecule has 164 valence electrons. The van der Waals surface area contributed by atoms with E-state index < -0.39 is 12.1 Å². The van der Waals surface area contributed by atoms with Gasteiger partial charge in [-0.05, 0) is 53.4 Å². The molecule has 3 aromatic carbocycles. The van der Waals surface area contributed by atoms with Gasteiger partial charge < -0.3 is 14.2 Å². The van der Waals surface area contributed by atoms with Gasteiger partial charge in [0, 0.05) is 12.2 Å². The van der Waals surface area contributed by atoms with Crippen molar-refractivity contribution in [3.8, 4) is 0 Å². The molecule has 3 aromatic rings. The Morgan fingerprint density at radius 3 is 2.52 bits per heavy atom. The van der Waals surface area contributed by atoms with Crippen LogP contribution >= 0.6 is 0 Å². The summed E-state index contributed by atoms with van der Waals surface area (Å²) in [6, 6.07) is 17.0. The van der Waals surface area contributed by atoms with Crippen LogP contribution in [0.3, 0.4) is 0 Å². The van der Waals surface area contributed by atoms with Crippen LogP contribution in [0.4, 0.5) is 0 Å². The van der Waals surface area contributed by atoms with E-state index >= 15 is 0 Å². The molecule has 0 radical (unpaired) electrons. The molecule has 0 amide bonds. The van der Waals surface area contributed by atoms with E-state index in [4.69, 9.17) is 14.2 Å². The minimum Gasteiger partial charge on any atom is -0.454 e. The van der Waals surface area contributed by atoms with Gasteiger partial charge in [-0.15, -0.1) is 0 Å². The normalized spacial score (nSPS) is 12.2. The molecule has 0 bridgehead atoms. The fraction of sp³-hybridized carbons (Fsp3) is 0.370. The lowest BCUT2D eigenvalue weighted by molar-refractivity contribution is -0.151. The van der Waals surface area contributed by atoms with Crippen molar-refractivity contribution >= 4 is 27.5 Å². The predicted molar refractivity (Wildman–Crippen MR) is 126 cm³/mol. The van der Waals surface area contributed by atoms with E-state index in [0.717, 1.165) is 18.4 Å². The van der Waals surface area contributed by atoms with Crippen molar-refractivity contribution in [2.75, 3.05) is 19.8 Å². The third-order valence-corrected chi connectivity index (χ3v) is 5.25. The SMILES string of the molecule is C=C(C)C(=O)OC(COCCCC)COCc1c2ccccc2cc2ccc(C)cc12. The van der Waals surface area contributed by atoms with Crippen molar-refractivity contribution in [1.82, 2.24) is 0 Å². The van der Waals surface area contributed by atoms with Gasteiger partial charge in [-0.1, -0.05) is 68.0 Å². The van der Waals surface area contributed by atoms with Crippen LogP contribution in [-0.4, -0.2) is 31.9 Å². The van der Waals surface area contributed by atoms with Crippen LogP contribution < -0.4 is 0 Å². The summed E-state index contributed by atoms with van der Waals surface area (Å²) < 4.78 is 17.3. The second-order valence-corrected chi connectivity index (χ2v) is 8.05. The number of rotatable bonds is 11. The lowest BCUT2D eigenvalue weighted by atomic mass is 9.96. The monoisotopic (exact) mass is 420 g/mol. The van der Waals surface area contributed by atoms with Crippen molar-refractivity contribution in [2.24, 2.45) is 0 Å². The smallest absolute Gasteiger partial charge is 0.333 e. The molecule has 0 aromatic heterocycles. The Balaban J connectivity index is 1.77. The number of aryl methyl sites for hydroxylation is 1. The molecule has 0 N–H and O–H groups in total. The maximum atomic E-state index is 12.0. The highest BCUT2D eigenvalue weighted by molar-refractivity contribution is 6.02. The maximum Gasteiger partial charge on any atom is 0.333 e. The van der Waals surface area contributed by atoms with Crippen molar-refractivity contribution in [3.63, 3.8) is 0 Å². The number of fused-ring (bicyclic) bond motifs is 2. The highest BCUT2D eigenvalue weighted by Gasteiger charge is 2.17. The zero-order chi connectivity index (χ0) is 22.2. The molecule has 4 nitrogen and oxygen atoms in total. The molecule has 4 heteroatoms. The van der Waals surface area contributed by atoms with Gasteiger partial charge in [0.15, 0.2) is 0 Å². The van der Waals surface area contributed by atoms with Crippen LogP contribution in [0.15, 0.2) is 60.7 Å². The summed E-state index contributed by atoms with van der Waals surface area (Å²) in [5, 5.41) is 4.74. The first-order valence-electron chi connectivity index (χ1n) is 10.9. The van der Waals surface area contributed by atoms with Crippen molar-refractivity contribution in [1.29, 1.82) is 0 Å². The number of hydrogen-bond acceptors (Lipinski definition) is 4. The van der Waals surface area contributed by atoms with Crippen LogP contribution in [0.2, 0.25) is 0 Å². The van der Waals surface area contributed by atoms with Gasteiger partial charge >= 0.3 is 5.97 Å². The van der Waals surface area contributed by atoms with E-state index in [1.54, 1.807) is 6.92 Å². The number of hydrogen-bond donors (Lipinski definition) is 0. The lowest BCUT2D eigenvalue weighted by Crippen LogP contribution is -2.29. The molecule has 0 aliphatic carbocycles. The van der Waals surface area contributed by atoms with Crippen LogP contribution in [0.5, 0.6) is 0 Å². The lowest BCUT2D eigenvalue weighted by Gasteiger charge is -2.19. The number of carbonyl (C=O) groups excluding carboxylic acids is 1. The molecular weight excluding hydrogens is 388 g/mol. The molecule has 0 saturated heterocycles. The minimum atomic E-state index is -0.468. The summed E-state index contributed by atoms with van der Waals surface area (Å²) >= 11 is 0. The molecule has 0 spiro atoms. The Morgan fingerprint density at radius 1 is 1.00 bits per heavy atom. The summed E-state index contributed by atoms with van der Waals surface area (Å²) in [7, 11) is 0. The molecule has 0 saturated carbocycles. The Hall–Kier alpha value is -2.69. The van der Waals surface area contributed by atoms with E-state index in [-0.39, 0.29) is 6.61 Å². The first kappa shape index (κ1) is 23.0. The third kappa shape index (κ3) is 6.16. The van der Waals surface area contributed by atoms with Crippen LogP contribution in [-0.2, 0) is 25.6 Å². The van der Waals surface area contributed by atoms with Gasteiger partial charge in [0.05, 0.1) is 19.8 Å². The standard InChI is InChI=1S/C27H32O4/c1-5-6-13-29-16-23(31-27(28)19(2)3)17-30-18-26-24-10-8-7-9-21(24)15-22-12-11-20(4)14-25(22)26/h7-12,14-15,23H,2,5-6,13,16-18H2,1,3-4H3. The average Bonchev–Trinajstić information content (AvgIpc) is 2.76. The molecule has 0 fully saturated rings. The second-order valence-electron chi connectivity index (χ2n) is 8.05. The summed E-state index contributed by atoms with van der Waals surface area (Å²) in [5.41, 5.74) is 2.73. The third-order valence-electron chi connectivity index (χ3n) is 5.25. The van der Waals surface area contributed by atoms with Crippen LogP contribution in [0, 0.1) is 6.92 Å². The second kappa shape index (κ2) is 11.1. The maximum absolute atomic E-state index is 12.0. The minimum absolute atomic E-state index is 0.266. The molecule has 0 heterocycles. The van der Waals surface area contributed by atoms with E-state index in [1.807, 2.05) is 12.1 Å². The predicted octanol–water partition coefficient (Wildman–Crippen LogP) is 6.12. The Morgan fingerprint density at radius 2 is 1.74 bits per heavy atom. The summed E-state index contributed by atoms with van der Waals surface area (Å²) in [4.78, 5) is 12.0. The molecule has 0 aliphatic rings. The van der Waals surface area contributed by atoms with Gasteiger partial charge in [0.2, 0.25) is 0 Å². The summed E-state index contributed by atoms with van der Waals surface area (Å²) in [6.07, 6.45) is 1.56. The Bertz CT molecular complexity index is 1050. The number of benzene rings is 3. The van der Waals surface area contributed by atoms with Crippen molar-refractivity contribution in [3.05, 3.63) is 71.8 Å². The quantitative estimate of drug-likeness (QED) is 0.162. The first-order chi connectivity index (χ1) is 15.0. The topological polar surface area (TPSA) is 44.8 Å². The zero-order valence-corrected chi connectivity index (χ0v) is 18.8. The molecule has 0 aliphatic heterocycles. The molecule has 31 heavy (non-hydrogen) atoms. The summed E-state index contributed by atoms with van der Waals surface area (Å²) in [6.45, 7) is 11.2. The molecule has 1 unspecified atom stereocenters. The van der Waals surface area contributed by atoms with Crippen molar-refractivity contribution in [2.45, 2.75) is 46.3 Å². The Labute approximate surface area is 184 Å². The molecular formula is C27H32O4. The van der Waals surface area contributed by atoms with Gasteiger partial charge in [0.1, 0.15) is 6.10 Å². The van der Waals surface area contributed by atoms with Gasteiger partial charge in [0.25, 0.3) is 0 Å². The molecule has 3 rings (SSSR count). The van der Waals surface area contributed by atoms with Crippen molar-refractivity contribution < 1.29 is 19.0 Å². The summed E-state index contributed by atoms with van der Waals surface area (Å²) in [5.74, 6) is -0.418. The Kier molecular flexibility index (Phi) is 8.21. The highest BCUT2D eigenvalue weighted by Crippen LogP contribution is 2.30. The number of carbonyl (C=O) groups is 1. The first-order valence-corrected chi connectivity index (χ1v) is 10.9. The van der Waals surface area contributed by atoms with E-state index in [1.165, 1.54) is 27.1 Å². The number of ether oxygens (including phenoxy) is 3. The van der Waals surface area contributed by atoms with Gasteiger partial charge in [-0.3, -0.25) is 0 Å². The van der Waals surface area contributed by atoms with E-state index in [0.29, 0.717) is 25.4 Å². The largest absolute Gasteiger partial charge is 0.454 e.